The Balaban J connectivity index is 1.06. The quantitative estimate of drug-likeness (QED) is 0.208. The molecule has 3 aromatic rings. The summed E-state index contributed by atoms with van der Waals surface area (Å²) in [6.45, 7) is 0.495. The van der Waals surface area contributed by atoms with Crippen molar-refractivity contribution in [3.05, 3.63) is 60.2 Å². The first kappa shape index (κ1) is 29.9. The Hall–Kier alpha value is -3.50. The molecule has 7 aliphatic carbocycles. The van der Waals surface area contributed by atoms with Crippen LogP contribution in [0.15, 0.2) is 53.1 Å². The summed E-state index contributed by atoms with van der Waals surface area (Å²) in [6.07, 6.45) is 0.107. The lowest BCUT2D eigenvalue weighted by Gasteiger charge is -2.53. The molecular formula is C35H36F5N3O3. The number of fused-ring (bicyclic) bond motifs is 4. The van der Waals surface area contributed by atoms with E-state index in [-0.39, 0.29) is 35.0 Å². The first-order valence-corrected chi connectivity index (χ1v) is 16.4. The minimum absolute atomic E-state index is 0.0366. The number of carbonyl (C=O) groups excluding carboxylic acids is 1. The van der Waals surface area contributed by atoms with Gasteiger partial charge in [-0.05, 0) is 117 Å². The van der Waals surface area contributed by atoms with Crippen molar-refractivity contribution in [1.82, 2.24) is 10.1 Å². The summed E-state index contributed by atoms with van der Waals surface area (Å²) in [5.41, 5.74) is 0.244. The molecule has 7 saturated carbocycles. The van der Waals surface area contributed by atoms with Crippen LogP contribution < -0.4 is 9.64 Å². The molecule has 0 radical (unpaired) electrons. The number of benzene rings is 2. The summed E-state index contributed by atoms with van der Waals surface area (Å²) in [7, 11) is 0. The Morgan fingerprint density at radius 1 is 0.978 bits per heavy atom. The molecule has 1 heterocycles. The predicted molar refractivity (Wildman–Crippen MR) is 159 cm³/mol. The second-order valence-corrected chi connectivity index (χ2v) is 14.6. The van der Waals surface area contributed by atoms with E-state index in [0.29, 0.717) is 42.1 Å². The van der Waals surface area contributed by atoms with Gasteiger partial charge in [0.1, 0.15) is 11.4 Å². The number of rotatable bonds is 10. The largest absolute Gasteiger partial charge is 0.461 e. The van der Waals surface area contributed by atoms with Crippen LogP contribution in [-0.4, -0.2) is 40.8 Å². The lowest BCUT2D eigenvalue weighted by Crippen LogP contribution is -2.51. The fraction of sp³-hybridized carbons (Fsp3) is 0.571. The molecular weight excluding hydrogens is 605 g/mol. The Labute approximate surface area is 263 Å². The highest BCUT2D eigenvalue weighted by Gasteiger charge is 2.60. The molecule has 1 aromatic heterocycles. The van der Waals surface area contributed by atoms with Crippen molar-refractivity contribution in [2.45, 2.75) is 100 Å². The van der Waals surface area contributed by atoms with Crippen molar-refractivity contribution in [2.24, 2.45) is 17.3 Å². The van der Waals surface area contributed by atoms with Crippen molar-refractivity contribution < 1.29 is 36.0 Å². The summed E-state index contributed by atoms with van der Waals surface area (Å²) in [5.74, 6) is 1.18. The van der Waals surface area contributed by atoms with Gasteiger partial charge in [0.05, 0.1) is 0 Å². The highest BCUT2D eigenvalue weighted by atomic mass is 19.3. The Bertz CT molecular complexity index is 1620. The summed E-state index contributed by atoms with van der Waals surface area (Å²) >= 11 is 0. The average Bonchev–Trinajstić information content (AvgIpc) is 3.51. The zero-order chi connectivity index (χ0) is 31.9. The van der Waals surface area contributed by atoms with E-state index in [2.05, 4.69) is 9.89 Å². The number of anilines is 1. The molecule has 1 amide bonds. The van der Waals surface area contributed by atoms with Crippen LogP contribution >= 0.6 is 0 Å². The van der Waals surface area contributed by atoms with Crippen LogP contribution in [0.5, 0.6) is 5.75 Å². The molecule has 7 aliphatic rings. The predicted octanol–water partition coefficient (Wildman–Crippen LogP) is 8.61. The van der Waals surface area contributed by atoms with Gasteiger partial charge in [-0.15, -0.1) is 0 Å². The van der Waals surface area contributed by atoms with Gasteiger partial charge >= 0.3 is 12.5 Å². The van der Waals surface area contributed by atoms with Gasteiger partial charge in [0, 0.05) is 29.5 Å². The number of amides is 1. The third kappa shape index (κ3) is 5.18. The Kier molecular flexibility index (Phi) is 6.82. The molecule has 46 heavy (non-hydrogen) atoms. The van der Waals surface area contributed by atoms with Crippen molar-refractivity contribution >= 4 is 11.6 Å². The van der Waals surface area contributed by atoms with Crippen molar-refractivity contribution in [3.63, 3.8) is 0 Å². The number of aromatic nitrogens is 2. The summed E-state index contributed by atoms with van der Waals surface area (Å²) < 4.78 is 77.9. The van der Waals surface area contributed by atoms with Gasteiger partial charge in [0.15, 0.2) is 5.82 Å². The van der Waals surface area contributed by atoms with Crippen LogP contribution in [0, 0.1) is 17.3 Å². The Morgan fingerprint density at radius 2 is 1.65 bits per heavy atom. The molecule has 10 rings (SSSR count). The molecule has 0 N–H and O–H groups in total. The van der Waals surface area contributed by atoms with Gasteiger partial charge in [0.25, 0.3) is 0 Å². The first-order valence-electron chi connectivity index (χ1n) is 16.4. The molecule has 7 fully saturated rings. The Morgan fingerprint density at radius 3 is 2.28 bits per heavy atom. The van der Waals surface area contributed by atoms with Gasteiger partial charge < -0.3 is 14.2 Å². The maximum atomic E-state index is 15.0. The van der Waals surface area contributed by atoms with Crippen LogP contribution in [0.1, 0.15) is 88.3 Å². The fourth-order valence-electron chi connectivity index (χ4n) is 8.59. The normalized spacial score (nSPS) is 31.6. The van der Waals surface area contributed by atoms with Crippen molar-refractivity contribution in [1.29, 1.82) is 0 Å². The van der Waals surface area contributed by atoms with Crippen LogP contribution in [0.25, 0.3) is 11.1 Å². The van der Waals surface area contributed by atoms with E-state index < -0.39 is 24.0 Å². The van der Waals surface area contributed by atoms with Gasteiger partial charge in [-0.25, -0.2) is 4.39 Å². The highest BCUT2D eigenvalue weighted by Crippen LogP contribution is 2.60. The third-order valence-corrected chi connectivity index (χ3v) is 11.6. The highest BCUT2D eigenvalue weighted by molar-refractivity contribution is 5.96. The van der Waals surface area contributed by atoms with Crippen molar-refractivity contribution in [2.75, 3.05) is 11.4 Å². The van der Waals surface area contributed by atoms with Crippen molar-refractivity contribution in [3.8, 4) is 16.9 Å². The molecule has 244 valence electrons. The minimum atomic E-state index is -4.63. The van der Waals surface area contributed by atoms with E-state index >= 15 is 4.39 Å². The SMILES string of the molecule is O=C(C1CC2(F)CC1C2)N(CC12CCC(c3nc(C4CC4)no3)(CC1)CC2)c1cccc(-c2cccc(OC(F)(F)C(F)F)c2)c1. The minimum Gasteiger partial charge on any atom is -0.428 e. The number of nitrogens with zero attached hydrogens (tertiary/aromatic N) is 3. The van der Waals surface area contributed by atoms with Crippen LogP contribution in [0.4, 0.5) is 27.6 Å². The molecule has 1 unspecified atom stereocenters. The summed E-state index contributed by atoms with van der Waals surface area (Å²) in [6, 6.07) is 12.8. The smallest absolute Gasteiger partial charge is 0.428 e. The van der Waals surface area contributed by atoms with E-state index in [4.69, 9.17) is 9.51 Å². The lowest BCUT2D eigenvalue weighted by atomic mass is 9.53. The molecule has 0 aliphatic heterocycles. The average molecular weight is 642 g/mol. The molecule has 1 atom stereocenters. The van der Waals surface area contributed by atoms with E-state index in [0.717, 1.165) is 63.1 Å². The molecule has 11 heteroatoms. The lowest BCUT2D eigenvalue weighted by molar-refractivity contribution is -0.253. The maximum Gasteiger partial charge on any atom is 0.461 e. The zero-order valence-electron chi connectivity index (χ0n) is 25.4. The summed E-state index contributed by atoms with van der Waals surface area (Å²) in [4.78, 5) is 20.9. The van der Waals surface area contributed by atoms with Crippen LogP contribution in [-0.2, 0) is 10.2 Å². The molecule has 0 saturated heterocycles. The number of halogens is 5. The summed E-state index contributed by atoms with van der Waals surface area (Å²) in [5, 5.41) is 4.27. The first-order chi connectivity index (χ1) is 22.0. The number of carbonyl (C=O) groups is 1. The number of alkyl halides is 5. The number of hydrogen-bond donors (Lipinski definition) is 0. The second-order valence-electron chi connectivity index (χ2n) is 14.6. The molecule has 6 nitrogen and oxygen atoms in total. The second kappa shape index (κ2) is 10.5. The fourth-order valence-corrected chi connectivity index (χ4v) is 8.59. The molecule has 4 bridgehead atoms. The van der Waals surface area contributed by atoms with E-state index in [9.17, 15) is 22.4 Å². The van der Waals surface area contributed by atoms with E-state index in [1.807, 2.05) is 17.0 Å². The number of ether oxygens (including phenoxy) is 1. The molecule has 2 aromatic carbocycles. The van der Waals surface area contributed by atoms with Gasteiger partial charge in [-0.3, -0.25) is 4.79 Å². The third-order valence-electron chi connectivity index (χ3n) is 11.6. The van der Waals surface area contributed by atoms with Gasteiger partial charge in [0.2, 0.25) is 11.8 Å². The maximum absolute atomic E-state index is 15.0. The van der Waals surface area contributed by atoms with Crippen LogP contribution in [0.3, 0.4) is 0 Å². The van der Waals surface area contributed by atoms with E-state index in [1.54, 1.807) is 18.2 Å². The zero-order valence-corrected chi connectivity index (χ0v) is 25.4. The molecule has 0 spiro atoms. The van der Waals surface area contributed by atoms with Crippen LogP contribution in [0.2, 0.25) is 0 Å². The topological polar surface area (TPSA) is 68.5 Å². The monoisotopic (exact) mass is 641 g/mol. The number of hydrogen-bond acceptors (Lipinski definition) is 5. The van der Waals surface area contributed by atoms with Gasteiger partial charge in [-0.2, -0.15) is 22.5 Å². The van der Waals surface area contributed by atoms with Gasteiger partial charge in [-0.1, -0.05) is 29.4 Å². The standard InChI is InChI=1S/C35H36F5N3O3/c36-30(37)35(39,40)45-26-6-2-4-23(16-26)22-3-1-5-25(15-22)43(29(44)27-19-34(38)17-24(27)18-34)20-32-9-12-33(13-10-32,14-11-32)31-41-28(42-46-31)21-7-8-21/h1-6,15-16,21,24,27,30H,7-14,17-20H2. The van der Waals surface area contributed by atoms with E-state index in [1.165, 1.54) is 18.2 Å².